The SMILES string of the molecule is COc1ccc(S(=O)(=O)c2c(C)c(N)c(Cc3cccnc3)c(C)c2C(=O)OCc2ccccc2)cc1. The van der Waals surface area contributed by atoms with Crippen LogP contribution in [0.3, 0.4) is 0 Å². The van der Waals surface area contributed by atoms with Gasteiger partial charge in [-0.1, -0.05) is 36.4 Å². The summed E-state index contributed by atoms with van der Waals surface area (Å²) in [6.07, 6.45) is 3.76. The van der Waals surface area contributed by atoms with Gasteiger partial charge in [-0.3, -0.25) is 4.98 Å². The summed E-state index contributed by atoms with van der Waals surface area (Å²) in [4.78, 5) is 17.6. The van der Waals surface area contributed by atoms with Crippen molar-refractivity contribution in [1.82, 2.24) is 4.98 Å². The van der Waals surface area contributed by atoms with Gasteiger partial charge >= 0.3 is 5.97 Å². The van der Waals surface area contributed by atoms with Crippen LogP contribution >= 0.6 is 0 Å². The lowest BCUT2D eigenvalue weighted by Gasteiger charge is -2.21. The zero-order valence-corrected chi connectivity index (χ0v) is 21.7. The summed E-state index contributed by atoms with van der Waals surface area (Å²) in [6.45, 7) is 3.32. The van der Waals surface area contributed by atoms with E-state index in [1.165, 1.54) is 19.2 Å². The summed E-state index contributed by atoms with van der Waals surface area (Å²) in [5, 5.41) is 0. The number of pyridine rings is 1. The summed E-state index contributed by atoms with van der Waals surface area (Å²) in [5.74, 6) is -0.218. The lowest BCUT2D eigenvalue weighted by molar-refractivity contribution is 0.0467. The third-order valence-corrected chi connectivity index (χ3v) is 8.22. The minimum absolute atomic E-state index is 0.00248. The molecule has 0 atom stereocenters. The molecule has 0 fully saturated rings. The Bertz CT molecular complexity index is 1520. The molecule has 4 aromatic rings. The zero-order chi connectivity index (χ0) is 26.6. The molecular formula is C29H28N2O5S. The van der Waals surface area contributed by atoms with Gasteiger partial charge < -0.3 is 15.2 Å². The highest BCUT2D eigenvalue weighted by molar-refractivity contribution is 7.91. The molecule has 7 nitrogen and oxygen atoms in total. The first kappa shape index (κ1) is 25.9. The van der Waals surface area contributed by atoms with Crippen LogP contribution in [0.25, 0.3) is 0 Å². The molecule has 4 rings (SSSR count). The molecule has 0 aliphatic carbocycles. The maximum Gasteiger partial charge on any atom is 0.340 e. The minimum atomic E-state index is -4.14. The molecule has 1 heterocycles. The molecular weight excluding hydrogens is 488 g/mol. The molecule has 0 saturated carbocycles. The fourth-order valence-electron chi connectivity index (χ4n) is 4.24. The van der Waals surface area contributed by atoms with Crippen LogP contribution in [0.1, 0.15) is 38.2 Å². The number of rotatable bonds is 8. The smallest absolute Gasteiger partial charge is 0.340 e. The van der Waals surface area contributed by atoms with Crippen molar-refractivity contribution in [2.45, 2.75) is 36.7 Å². The predicted octanol–water partition coefficient (Wildman–Crippen LogP) is 5.07. The van der Waals surface area contributed by atoms with E-state index in [4.69, 9.17) is 15.2 Å². The molecule has 0 saturated heterocycles. The normalized spacial score (nSPS) is 11.2. The van der Waals surface area contributed by atoms with Crippen molar-refractivity contribution in [2.75, 3.05) is 12.8 Å². The number of carbonyl (C=O) groups excluding carboxylic acids is 1. The first-order chi connectivity index (χ1) is 17.7. The van der Waals surface area contributed by atoms with Gasteiger partial charge in [0.25, 0.3) is 0 Å². The van der Waals surface area contributed by atoms with Gasteiger partial charge in [0, 0.05) is 24.5 Å². The average Bonchev–Trinajstić information content (AvgIpc) is 2.92. The van der Waals surface area contributed by atoms with E-state index >= 15 is 0 Å². The van der Waals surface area contributed by atoms with E-state index in [9.17, 15) is 13.2 Å². The molecule has 0 unspecified atom stereocenters. The second kappa shape index (κ2) is 10.8. The number of benzene rings is 3. The second-order valence-corrected chi connectivity index (χ2v) is 10.5. The Morgan fingerprint density at radius 1 is 0.919 bits per heavy atom. The van der Waals surface area contributed by atoms with Crippen LogP contribution in [-0.2, 0) is 27.6 Å². The monoisotopic (exact) mass is 516 g/mol. The van der Waals surface area contributed by atoms with Gasteiger partial charge in [-0.05, 0) is 72.0 Å². The summed E-state index contributed by atoms with van der Waals surface area (Å²) < 4.78 is 38.6. The van der Waals surface area contributed by atoms with Gasteiger partial charge in [0.1, 0.15) is 12.4 Å². The van der Waals surface area contributed by atoms with Crippen LogP contribution in [0.2, 0.25) is 0 Å². The predicted molar refractivity (Wildman–Crippen MR) is 141 cm³/mol. The van der Waals surface area contributed by atoms with Gasteiger partial charge in [0.05, 0.1) is 22.5 Å². The number of esters is 1. The molecule has 0 aliphatic heterocycles. The quantitative estimate of drug-likeness (QED) is 0.257. The number of anilines is 1. The highest BCUT2D eigenvalue weighted by Crippen LogP contribution is 2.37. The van der Waals surface area contributed by atoms with Crippen molar-refractivity contribution >= 4 is 21.5 Å². The Labute approximate surface area is 216 Å². The molecule has 3 aromatic carbocycles. The van der Waals surface area contributed by atoms with E-state index in [0.717, 1.165) is 11.1 Å². The molecule has 0 spiro atoms. The zero-order valence-electron chi connectivity index (χ0n) is 20.9. The topological polar surface area (TPSA) is 109 Å². The van der Waals surface area contributed by atoms with E-state index in [2.05, 4.69) is 4.98 Å². The lowest BCUT2D eigenvalue weighted by Crippen LogP contribution is -2.19. The lowest BCUT2D eigenvalue weighted by atomic mass is 9.92. The number of nitrogens with zero attached hydrogens (tertiary/aromatic N) is 1. The maximum absolute atomic E-state index is 13.9. The van der Waals surface area contributed by atoms with Crippen molar-refractivity contribution in [1.29, 1.82) is 0 Å². The number of aromatic nitrogens is 1. The van der Waals surface area contributed by atoms with Crippen molar-refractivity contribution in [3.05, 3.63) is 113 Å². The number of hydrogen-bond donors (Lipinski definition) is 1. The number of nitrogen functional groups attached to an aromatic ring is 1. The Morgan fingerprint density at radius 2 is 1.59 bits per heavy atom. The van der Waals surface area contributed by atoms with Crippen molar-refractivity contribution in [2.24, 2.45) is 0 Å². The summed E-state index contributed by atoms with van der Waals surface area (Å²) in [7, 11) is -2.64. The maximum atomic E-state index is 13.9. The van der Waals surface area contributed by atoms with Crippen LogP contribution in [-0.4, -0.2) is 26.5 Å². The molecule has 0 aliphatic rings. The molecule has 1 aromatic heterocycles. The van der Waals surface area contributed by atoms with Gasteiger partial charge in [-0.15, -0.1) is 0 Å². The van der Waals surface area contributed by atoms with Gasteiger partial charge in [0.2, 0.25) is 9.84 Å². The number of methoxy groups -OCH3 is 1. The second-order valence-electron chi connectivity index (χ2n) is 8.63. The number of nitrogens with two attached hydrogens (primary N) is 1. The molecule has 8 heteroatoms. The molecule has 37 heavy (non-hydrogen) atoms. The van der Waals surface area contributed by atoms with Crippen LogP contribution in [0, 0.1) is 13.8 Å². The average molecular weight is 517 g/mol. The van der Waals surface area contributed by atoms with Gasteiger partial charge in [-0.25, -0.2) is 13.2 Å². The fraction of sp³-hybridized carbons (Fsp3) is 0.172. The van der Waals surface area contributed by atoms with Crippen molar-refractivity contribution < 1.29 is 22.7 Å². The van der Waals surface area contributed by atoms with Crippen molar-refractivity contribution in [3.63, 3.8) is 0 Å². The van der Waals surface area contributed by atoms with Crippen LogP contribution in [0.15, 0.2) is 88.9 Å². The molecule has 0 radical (unpaired) electrons. The highest BCUT2D eigenvalue weighted by atomic mass is 32.2. The number of hydrogen-bond acceptors (Lipinski definition) is 7. The first-order valence-corrected chi connectivity index (χ1v) is 13.1. The van der Waals surface area contributed by atoms with E-state index < -0.39 is 15.8 Å². The largest absolute Gasteiger partial charge is 0.497 e. The third-order valence-electron chi connectivity index (χ3n) is 6.28. The minimum Gasteiger partial charge on any atom is -0.497 e. The van der Waals surface area contributed by atoms with Crippen LogP contribution in [0.4, 0.5) is 5.69 Å². The summed E-state index contributed by atoms with van der Waals surface area (Å²) in [6, 6.07) is 18.9. The van der Waals surface area contributed by atoms with Crippen LogP contribution in [0.5, 0.6) is 5.75 Å². The Balaban J connectivity index is 1.88. The number of carbonyl (C=O) groups is 1. The van der Waals surface area contributed by atoms with E-state index in [1.807, 2.05) is 42.5 Å². The molecule has 2 N–H and O–H groups in total. The third kappa shape index (κ3) is 5.34. The Kier molecular flexibility index (Phi) is 7.59. The first-order valence-electron chi connectivity index (χ1n) is 11.6. The summed E-state index contributed by atoms with van der Waals surface area (Å²) in [5.41, 5.74) is 9.91. The van der Waals surface area contributed by atoms with Gasteiger partial charge in [0.15, 0.2) is 0 Å². The summed E-state index contributed by atoms with van der Waals surface area (Å²) >= 11 is 0. The van der Waals surface area contributed by atoms with E-state index in [1.54, 1.807) is 38.4 Å². The number of sulfone groups is 1. The van der Waals surface area contributed by atoms with Crippen LogP contribution < -0.4 is 10.5 Å². The van der Waals surface area contributed by atoms with Gasteiger partial charge in [-0.2, -0.15) is 0 Å². The van der Waals surface area contributed by atoms with Crippen molar-refractivity contribution in [3.8, 4) is 5.75 Å². The number of ether oxygens (including phenoxy) is 2. The Morgan fingerprint density at radius 3 is 2.22 bits per heavy atom. The standard InChI is InChI=1S/C29H28N2O5S/c1-19-25(16-22-10-7-15-31-17-22)27(30)20(2)28(37(33,34)24-13-11-23(35-3)12-14-24)26(19)29(32)36-18-21-8-5-4-6-9-21/h4-15,17H,16,18,30H2,1-3H3. The Hall–Kier alpha value is -4.17. The highest BCUT2D eigenvalue weighted by Gasteiger charge is 2.32. The van der Waals surface area contributed by atoms with E-state index in [0.29, 0.717) is 34.5 Å². The molecule has 0 amide bonds. The van der Waals surface area contributed by atoms with E-state index in [-0.39, 0.29) is 22.0 Å². The molecule has 190 valence electrons. The fourth-order valence-corrected chi connectivity index (χ4v) is 5.99. The molecule has 0 bridgehead atoms.